The number of hydrogen-bond donors (Lipinski definition) is 1. The first-order valence-electron chi connectivity index (χ1n) is 6.32. The smallest absolute Gasteiger partial charge is 0.162 e. The van der Waals surface area contributed by atoms with Crippen LogP contribution in [0, 0.1) is 0 Å². The molecule has 0 aromatic heterocycles. The van der Waals surface area contributed by atoms with E-state index in [9.17, 15) is 0 Å². The lowest BCUT2D eigenvalue weighted by atomic mass is 9.95. The van der Waals surface area contributed by atoms with Crippen molar-refractivity contribution in [1.29, 1.82) is 0 Å². The van der Waals surface area contributed by atoms with Crippen LogP contribution in [0.25, 0.3) is 0 Å². The molecule has 0 atom stereocenters. The third kappa shape index (κ3) is 3.05. The van der Waals surface area contributed by atoms with Gasteiger partial charge in [0.15, 0.2) is 11.5 Å². The van der Waals surface area contributed by atoms with Crippen molar-refractivity contribution in [1.82, 2.24) is 0 Å². The van der Waals surface area contributed by atoms with E-state index in [4.69, 9.17) is 9.47 Å². The Hall–Kier alpha value is -1.38. The zero-order valence-corrected chi connectivity index (χ0v) is 10.7. The first-order chi connectivity index (χ1) is 8.33. The van der Waals surface area contributed by atoms with Gasteiger partial charge in [-0.05, 0) is 25.0 Å². The molecule has 1 fully saturated rings. The molecule has 3 nitrogen and oxygen atoms in total. The van der Waals surface area contributed by atoms with E-state index in [2.05, 4.69) is 11.4 Å². The van der Waals surface area contributed by atoms with E-state index in [1.165, 1.54) is 32.1 Å². The van der Waals surface area contributed by atoms with Crippen molar-refractivity contribution in [3.05, 3.63) is 18.2 Å². The molecule has 0 amide bonds. The Balaban J connectivity index is 2.05. The second-order valence-electron chi connectivity index (χ2n) is 4.55. The molecule has 3 heteroatoms. The Labute approximate surface area is 103 Å². The highest BCUT2D eigenvalue weighted by Crippen LogP contribution is 2.31. The van der Waals surface area contributed by atoms with Crippen molar-refractivity contribution in [3.63, 3.8) is 0 Å². The van der Waals surface area contributed by atoms with Crippen LogP contribution in [0.5, 0.6) is 11.5 Å². The molecule has 1 N–H and O–H groups in total. The van der Waals surface area contributed by atoms with Gasteiger partial charge >= 0.3 is 0 Å². The van der Waals surface area contributed by atoms with Crippen LogP contribution in [-0.2, 0) is 0 Å². The van der Waals surface area contributed by atoms with E-state index in [1.807, 2.05) is 12.1 Å². The van der Waals surface area contributed by atoms with E-state index >= 15 is 0 Å². The number of nitrogens with one attached hydrogen (secondary N) is 1. The maximum absolute atomic E-state index is 5.30. The van der Waals surface area contributed by atoms with E-state index < -0.39 is 0 Å². The fraction of sp³-hybridized carbons (Fsp3) is 0.571. The lowest BCUT2D eigenvalue weighted by Crippen LogP contribution is -2.22. The van der Waals surface area contributed by atoms with Crippen LogP contribution in [0.1, 0.15) is 32.1 Å². The molecule has 1 aromatic rings. The summed E-state index contributed by atoms with van der Waals surface area (Å²) in [4.78, 5) is 0. The number of rotatable bonds is 4. The standard InChI is InChI=1S/C14H21NO2/c1-16-13-9-8-12(10-14(13)17-2)15-11-6-4-3-5-7-11/h8-11,15H,3-7H2,1-2H3. The molecule has 0 unspecified atom stereocenters. The fourth-order valence-corrected chi connectivity index (χ4v) is 2.41. The maximum Gasteiger partial charge on any atom is 0.162 e. The van der Waals surface area contributed by atoms with Gasteiger partial charge < -0.3 is 14.8 Å². The van der Waals surface area contributed by atoms with Crippen molar-refractivity contribution in [2.75, 3.05) is 19.5 Å². The molecule has 0 saturated heterocycles. The van der Waals surface area contributed by atoms with Crippen molar-refractivity contribution < 1.29 is 9.47 Å². The highest BCUT2D eigenvalue weighted by molar-refractivity contribution is 5.55. The van der Waals surface area contributed by atoms with Crippen LogP contribution in [0.2, 0.25) is 0 Å². The molecular formula is C14H21NO2. The van der Waals surface area contributed by atoms with Crippen LogP contribution in [-0.4, -0.2) is 20.3 Å². The first-order valence-corrected chi connectivity index (χ1v) is 6.32. The molecule has 1 aliphatic carbocycles. The SMILES string of the molecule is COc1ccc(NC2CCCCC2)cc1OC. The van der Waals surface area contributed by atoms with Gasteiger partial charge in [0.25, 0.3) is 0 Å². The number of anilines is 1. The lowest BCUT2D eigenvalue weighted by Gasteiger charge is -2.24. The zero-order valence-electron chi connectivity index (χ0n) is 10.7. The van der Waals surface area contributed by atoms with Crippen LogP contribution >= 0.6 is 0 Å². The monoisotopic (exact) mass is 235 g/mol. The predicted molar refractivity (Wildman–Crippen MR) is 70.0 cm³/mol. The summed E-state index contributed by atoms with van der Waals surface area (Å²) < 4.78 is 10.5. The summed E-state index contributed by atoms with van der Waals surface area (Å²) in [5.41, 5.74) is 1.12. The molecule has 1 saturated carbocycles. The molecule has 2 rings (SSSR count). The molecule has 1 aromatic carbocycles. The minimum absolute atomic E-state index is 0.613. The van der Waals surface area contributed by atoms with Crippen LogP contribution in [0.15, 0.2) is 18.2 Å². The number of benzene rings is 1. The minimum atomic E-state index is 0.613. The third-order valence-electron chi connectivity index (χ3n) is 3.36. The van der Waals surface area contributed by atoms with Crippen molar-refractivity contribution in [2.45, 2.75) is 38.1 Å². The summed E-state index contributed by atoms with van der Waals surface area (Å²) in [6.45, 7) is 0. The van der Waals surface area contributed by atoms with E-state index in [0.717, 1.165) is 17.2 Å². The second-order valence-corrected chi connectivity index (χ2v) is 4.55. The molecule has 0 aliphatic heterocycles. The predicted octanol–water partition coefficient (Wildman–Crippen LogP) is 3.45. The van der Waals surface area contributed by atoms with Gasteiger partial charge in [-0.1, -0.05) is 19.3 Å². The van der Waals surface area contributed by atoms with Gasteiger partial charge in [0.1, 0.15) is 0 Å². The zero-order chi connectivity index (χ0) is 12.1. The van der Waals surface area contributed by atoms with Gasteiger partial charge in [-0.3, -0.25) is 0 Å². The maximum atomic E-state index is 5.30. The summed E-state index contributed by atoms with van der Waals surface area (Å²) in [7, 11) is 3.33. The number of ether oxygens (including phenoxy) is 2. The Morgan fingerprint density at radius 3 is 2.35 bits per heavy atom. The van der Waals surface area contributed by atoms with E-state index in [1.54, 1.807) is 14.2 Å². The van der Waals surface area contributed by atoms with Crippen LogP contribution in [0.4, 0.5) is 5.69 Å². The Morgan fingerprint density at radius 2 is 1.71 bits per heavy atom. The van der Waals surface area contributed by atoms with Gasteiger partial charge in [0, 0.05) is 17.8 Å². The first kappa shape index (κ1) is 12.1. The van der Waals surface area contributed by atoms with Gasteiger partial charge in [-0.2, -0.15) is 0 Å². The fourth-order valence-electron chi connectivity index (χ4n) is 2.41. The lowest BCUT2D eigenvalue weighted by molar-refractivity contribution is 0.355. The summed E-state index contributed by atoms with van der Waals surface area (Å²) in [6.07, 6.45) is 6.60. The van der Waals surface area contributed by atoms with Gasteiger partial charge in [0.2, 0.25) is 0 Å². The normalized spacial score (nSPS) is 16.6. The van der Waals surface area contributed by atoms with Crippen molar-refractivity contribution >= 4 is 5.69 Å². The van der Waals surface area contributed by atoms with Crippen LogP contribution < -0.4 is 14.8 Å². The van der Waals surface area contributed by atoms with Crippen molar-refractivity contribution in [2.24, 2.45) is 0 Å². The van der Waals surface area contributed by atoms with Gasteiger partial charge in [-0.25, -0.2) is 0 Å². The highest BCUT2D eigenvalue weighted by Gasteiger charge is 2.13. The average Bonchev–Trinajstić information content (AvgIpc) is 2.40. The Kier molecular flexibility index (Phi) is 4.13. The molecular weight excluding hydrogens is 214 g/mol. The Bertz CT molecular complexity index is 359. The molecule has 1 aliphatic rings. The van der Waals surface area contributed by atoms with Gasteiger partial charge in [-0.15, -0.1) is 0 Å². The largest absolute Gasteiger partial charge is 0.493 e. The van der Waals surface area contributed by atoms with Crippen LogP contribution in [0.3, 0.4) is 0 Å². The van der Waals surface area contributed by atoms with E-state index in [-0.39, 0.29) is 0 Å². The number of hydrogen-bond acceptors (Lipinski definition) is 3. The molecule has 0 heterocycles. The summed E-state index contributed by atoms with van der Waals surface area (Å²) in [6, 6.07) is 6.62. The summed E-state index contributed by atoms with van der Waals surface area (Å²) in [5, 5.41) is 3.57. The summed E-state index contributed by atoms with van der Waals surface area (Å²) >= 11 is 0. The average molecular weight is 235 g/mol. The molecule has 94 valence electrons. The highest BCUT2D eigenvalue weighted by atomic mass is 16.5. The molecule has 17 heavy (non-hydrogen) atoms. The third-order valence-corrected chi connectivity index (χ3v) is 3.36. The quantitative estimate of drug-likeness (QED) is 0.867. The minimum Gasteiger partial charge on any atom is -0.493 e. The molecule has 0 spiro atoms. The van der Waals surface area contributed by atoms with Crippen molar-refractivity contribution in [3.8, 4) is 11.5 Å². The van der Waals surface area contributed by atoms with Gasteiger partial charge in [0.05, 0.1) is 14.2 Å². The molecule has 0 radical (unpaired) electrons. The second kappa shape index (κ2) is 5.80. The Morgan fingerprint density at radius 1 is 1.00 bits per heavy atom. The topological polar surface area (TPSA) is 30.5 Å². The number of methoxy groups -OCH3 is 2. The molecule has 0 bridgehead atoms. The van der Waals surface area contributed by atoms with E-state index in [0.29, 0.717) is 6.04 Å². The summed E-state index contributed by atoms with van der Waals surface area (Å²) in [5.74, 6) is 1.56.